The van der Waals surface area contributed by atoms with Gasteiger partial charge in [0.05, 0.1) is 0 Å². The van der Waals surface area contributed by atoms with Gasteiger partial charge >= 0.3 is 228 Å². The molecule has 0 nitrogen and oxygen atoms in total. The van der Waals surface area contributed by atoms with E-state index >= 15 is 0 Å². The zero-order valence-electron chi connectivity index (χ0n) is 21.2. The number of fused-ring (bicyclic) bond motifs is 4. The van der Waals surface area contributed by atoms with E-state index in [0.717, 1.165) is 17.0 Å². The van der Waals surface area contributed by atoms with Crippen LogP contribution >= 0.6 is 11.6 Å². The summed E-state index contributed by atoms with van der Waals surface area (Å²) in [5.41, 5.74) is 14.5. The van der Waals surface area contributed by atoms with Crippen molar-refractivity contribution < 1.29 is 47.2 Å². The van der Waals surface area contributed by atoms with Gasteiger partial charge in [0.2, 0.25) is 0 Å². The quantitative estimate of drug-likeness (QED) is 0.295. The van der Waals surface area contributed by atoms with Gasteiger partial charge < -0.3 is 24.8 Å². The van der Waals surface area contributed by atoms with Gasteiger partial charge in [0.25, 0.3) is 0 Å². The van der Waals surface area contributed by atoms with Crippen molar-refractivity contribution in [3.63, 3.8) is 0 Å². The van der Waals surface area contributed by atoms with Crippen molar-refractivity contribution in [3.8, 4) is 22.3 Å². The molecule has 2 aliphatic rings. The fourth-order valence-corrected chi connectivity index (χ4v) is 16.2. The SMILES string of the molecule is CCC1=Cc2c(-c3ccccc3Cl)cccc2C1c1cccc2c1[CH]([Zr+2][SiH](C)C)c1ccccc1-2.[Cl-].[Cl-]. The van der Waals surface area contributed by atoms with Crippen molar-refractivity contribution in [2.75, 3.05) is 0 Å². The molecule has 2 aliphatic carbocycles. The summed E-state index contributed by atoms with van der Waals surface area (Å²) in [5, 5.41) is 0.821. The molecule has 186 valence electrons. The minimum Gasteiger partial charge on any atom is -1.00 e. The first kappa shape index (κ1) is 28.6. The monoisotopic (exact) mass is 636 g/mol. The van der Waals surface area contributed by atoms with Crippen LogP contribution in [-0.4, -0.2) is 5.92 Å². The van der Waals surface area contributed by atoms with Crippen molar-refractivity contribution >= 4 is 23.6 Å². The number of allylic oxidation sites excluding steroid dienone is 1. The third-order valence-electron chi connectivity index (χ3n) is 7.53. The molecule has 0 saturated carbocycles. The maximum absolute atomic E-state index is 6.67. The summed E-state index contributed by atoms with van der Waals surface area (Å²) < 4.78 is 0.682. The third kappa shape index (κ3) is 4.90. The van der Waals surface area contributed by atoms with Crippen LogP contribution in [0.5, 0.6) is 0 Å². The molecule has 6 rings (SSSR count). The van der Waals surface area contributed by atoms with Crippen LogP contribution in [0.2, 0.25) is 18.1 Å². The average molecular weight is 639 g/mol. The summed E-state index contributed by atoms with van der Waals surface area (Å²) in [4.78, 5) is 0. The molecule has 0 heterocycles. The first-order valence-corrected chi connectivity index (χ1v) is 21.6. The average Bonchev–Trinajstić information content (AvgIpc) is 3.40. The van der Waals surface area contributed by atoms with Gasteiger partial charge in [-0.3, -0.25) is 0 Å². The molecule has 37 heavy (non-hydrogen) atoms. The van der Waals surface area contributed by atoms with Crippen molar-refractivity contribution in [3.05, 3.63) is 123 Å². The van der Waals surface area contributed by atoms with Crippen LogP contribution < -0.4 is 24.8 Å². The summed E-state index contributed by atoms with van der Waals surface area (Å²) in [6, 6.07) is 31.4. The molecule has 0 amide bonds. The van der Waals surface area contributed by atoms with Gasteiger partial charge in [-0.2, -0.15) is 0 Å². The molecule has 0 bridgehead atoms. The van der Waals surface area contributed by atoms with E-state index in [1.54, 1.807) is 16.7 Å². The van der Waals surface area contributed by atoms with Gasteiger partial charge in [-0.05, 0) is 0 Å². The summed E-state index contributed by atoms with van der Waals surface area (Å²) in [7, 11) is 0. The summed E-state index contributed by atoms with van der Waals surface area (Å²) in [5.74, 6) is -0.269. The van der Waals surface area contributed by atoms with Crippen molar-refractivity contribution in [1.29, 1.82) is 0 Å². The molecule has 5 heteroatoms. The van der Waals surface area contributed by atoms with Crippen LogP contribution in [0.25, 0.3) is 28.3 Å². The Morgan fingerprint density at radius 3 is 2.00 bits per heavy atom. The molecule has 0 radical (unpaired) electrons. The van der Waals surface area contributed by atoms with Crippen LogP contribution in [0.4, 0.5) is 0 Å². The number of hydrogen-bond acceptors (Lipinski definition) is 0. The maximum atomic E-state index is 6.67. The molecule has 2 unspecified atom stereocenters. The standard InChI is InChI=1S/C30H22Cl.C2H7Si.2ClH.Zr/c1-2-19-17-27-23(24-11-5-6-16-29(24)31)13-8-15-25(27)30(19)26-14-7-12-22-21-10-4-3-9-20(21)18-28(22)26;1-3-2;;;/h3-18,30H,2H2,1H3;3H,1-2H3;2*1H;/q;;;;+2/p-2. The molecule has 0 saturated heterocycles. The van der Waals surface area contributed by atoms with E-state index < -0.39 is 28.3 Å². The molecule has 0 spiro atoms. The number of rotatable bonds is 5. The van der Waals surface area contributed by atoms with E-state index in [2.05, 4.69) is 98.9 Å². The molecule has 0 N–H and O–H groups in total. The Kier molecular flexibility index (Phi) is 9.09. The Morgan fingerprint density at radius 2 is 1.30 bits per heavy atom. The molecule has 0 fully saturated rings. The fraction of sp³-hybridized carbons (Fsp3) is 0.188. The van der Waals surface area contributed by atoms with Gasteiger partial charge in [-0.25, -0.2) is 0 Å². The van der Waals surface area contributed by atoms with Crippen LogP contribution in [0.1, 0.15) is 50.7 Å². The summed E-state index contributed by atoms with van der Waals surface area (Å²) >= 11 is 6.14. The Labute approximate surface area is 250 Å². The largest absolute Gasteiger partial charge is 1.00 e. The van der Waals surface area contributed by atoms with Crippen LogP contribution in [0, 0.1) is 0 Å². The second kappa shape index (κ2) is 11.8. The fourth-order valence-electron chi connectivity index (χ4n) is 6.10. The number of benzene rings is 4. The van der Waals surface area contributed by atoms with E-state index in [9.17, 15) is 0 Å². The third-order valence-corrected chi connectivity index (χ3v) is 17.7. The van der Waals surface area contributed by atoms with Gasteiger partial charge in [-0.1, -0.05) is 0 Å². The Balaban J connectivity index is 0.00000160. The van der Waals surface area contributed by atoms with E-state index in [1.165, 1.54) is 33.4 Å². The predicted octanol–water partition coefficient (Wildman–Crippen LogP) is 3.09. The van der Waals surface area contributed by atoms with Crippen LogP contribution in [0.3, 0.4) is 0 Å². The van der Waals surface area contributed by atoms with E-state index in [-0.39, 0.29) is 24.8 Å². The zero-order chi connectivity index (χ0) is 24.1. The topological polar surface area (TPSA) is 0 Å². The predicted molar refractivity (Wildman–Crippen MR) is 150 cm³/mol. The normalized spacial score (nSPS) is 16.6. The molecule has 0 aromatic heterocycles. The first-order chi connectivity index (χ1) is 17.1. The second-order valence-electron chi connectivity index (χ2n) is 9.94. The zero-order valence-corrected chi connectivity index (χ0v) is 27.1. The molecule has 2 atom stereocenters. The van der Waals surface area contributed by atoms with Gasteiger partial charge in [0.1, 0.15) is 0 Å². The van der Waals surface area contributed by atoms with Crippen molar-refractivity contribution in [2.45, 2.75) is 36.0 Å². The van der Waals surface area contributed by atoms with E-state index in [0.29, 0.717) is 9.54 Å². The number of hydrogen-bond donors (Lipinski definition) is 0. The van der Waals surface area contributed by atoms with Crippen molar-refractivity contribution in [2.24, 2.45) is 0 Å². The minimum absolute atomic E-state index is 0. The van der Waals surface area contributed by atoms with Crippen LogP contribution in [-0.2, 0) is 22.4 Å². The molecular formula is C32H29Cl3SiZr. The van der Waals surface area contributed by atoms with Gasteiger partial charge in [0, 0.05) is 0 Å². The molecular weight excluding hydrogens is 610 g/mol. The first-order valence-electron chi connectivity index (χ1n) is 12.6. The second-order valence-corrected chi connectivity index (χ2v) is 25.4. The number of halogens is 3. The molecule has 4 aromatic carbocycles. The smallest absolute Gasteiger partial charge is 1.00 e. The van der Waals surface area contributed by atoms with Gasteiger partial charge in [-0.15, -0.1) is 0 Å². The molecule has 4 aromatic rings. The minimum atomic E-state index is -0.600. The summed E-state index contributed by atoms with van der Waals surface area (Å²) in [6.07, 6.45) is 3.52. The molecule has 0 aliphatic heterocycles. The van der Waals surface area contributed by atoms with E-state index in [1.807, 2.05) is 12.1 Å². The Morgan fingerprint density at radius 1 is 0.703 bits per heavy atom. The Hall–Kier alpha value is -1.41. The van der Waals surface area contributed by atoms with Crippen molar-refractivity contribution in [1.82, 2.24) is 0 Å². The van der Waals surface area contributed by atoms with Gasteiger partial charge in [0.15, 0.2) is 0 Å². The Bertz CT molecular complexity index is 1480. The van der Waals surface area contributed by atoms with Crippen LogP contribution in [0.15, 0.2) is 90.5 Å². The van der Waals surface area contributed by atoms with E-state index in [4.69, 9.17) is 11.6 Å². The maximum Gasteiger partial charge on any atom is -1.00 e. The summed E-state index contributed by atoms with van der Waals surface area (Å²) in [6.45, 7) is 7.44.